The first kappa shape index (κ1) is 19.4. The Balaban J connectivity index is 1.28. The first-order chi connectivity index (χ1) is 16.3. The molecule has 4 aromatic heterocycles. The minimum atomic E-state index is 0.762. The average molecular weight is 431 g/mol. The zero-order valence-electron chi connectivity index (χ0n) is 17.9. The predicted molar refractivity (Wildman–Crippen MR) is 131 cm³/mol. The molecule has 0 saturated heterocycles. The number of hydrogen-bond acceptors (Lipinski definition) is 4. The van der Waals surface area contributed by atoms with Crippen molar-refractivity contribution in [1.82, 2.24) is 30.5 Å². The molecule has 6 nitrogen and oxygen atoms in total. The number of aromatic nitrogens is 5. The highest BCUT2D eigenvalue weighted by molar-refractivity contribution is 5.97. The molecule has 2 aromatic carbocycles. The van der Waals surface area contributed by atoms with Crippen molar-refractivity contribution in [2.75, 3.05) is 0 Å². The van der Waals surface area contributed by atoms with E-state index in [2.05, 4.69) is 85.1 Å². The van der Waals surface area contributed by atoms with Crippen LogP contribution in [-0.2, 0) is 13.1 Å². The van der Waals surface area contributed by atoms with Gasteiger partial charge in [0.2, 0.25) is 0 Å². The molecule has 3 N–H and O–H groups in total. The average Bonchev–Trinajstić information content (AvgIpc) is 3.48. The fraction of sp³-hybridized carbons (Fsp3) is 0.0741. The van der Waals surface area contributed by atoms with E-state index >= 15 is 0 Å². The van der Waals surface area contributed by atoms with E-state index in [1.54, 1.807) is 6.20 Å². The van der Waals surface area contributed by atoms with Gasteiger partial charge in [0.05, 0.1) is 22.9 Å². The molecular formula is C27H22N6. The third-order valence-corrected chi connectivity index (χ3v) is 5.87. The Kier molecular flexibility index (Phi) is 4.90. The van der Waals surface area contributed by atoms with Crippen molar-refractivity contribution in [1.29, 1.82) is 0 Å². The lowest BCUT2D eigenvalue weighted by atomic mass is 10.0. The number of aromatic amines is 2. The zero-order valence-corrected chi connectivity index (χ0v) is 17.9. The molecular weight excluding hydrogens is 408 g/mol. The minimum absolute atomic E-state index is 0.762. The molecule has 0 bridgehead atoms. The molecule has 0 aliphatic heterocycles. The van der Waals surface area contributed by atoms with E-state index in [9.17, 15) is 0 Å². The van der Waals surface area contributed by atoms with Crippen LogP contribution in [-0.4, -0.2) is 25.1 Å². The van der Waals surface area contributed by atoms with Crippen LogP contribution in [0.25, 0.3) is 44.3 Å². The summed E-state index contributed by atoms with van der Waals surface area (Å²) in [6, 6.07) is 23.1. The second-order valence-electron chi connectivity index (χ2n) is 8.15. The molecule has 0 atom stereocenters. The number of hydrogen-bond donors (Lipinski definition) is 3. The summed E-state index contributed by atoms with van der Waals surface area (Å²) in [7, 11) is 0. The summed E-state index contributed by atoms with van der Waals surface area (Å²) in [6.07, 6.45) is 7.47. The highest BCUT2D eigenvalue weighted by Crippen LogP contribution is 2.31. The molecule has 33 heavy (non-hydrogen) atoms. The van der Waals surface area contributed by atoms with Crippen LogP contribution >= 0.6 is 0 Å². The van der Waals surface area contributed by atoms with E-state index in [0.29, 0.717) is 0 Å². The zero-order chi connectivity index (χ0) is 22.0. The summed E-state index contributed by atoms with van der Waals surface area (Å²) < 4.78 is 0. The normalized spacial score (nSPS) is 11.4. The molecule has 0 aliphatic carbocycles. The first-order valence-corrected chi connectivity index (χ1v) is 10.9. The molecule has 0 amide bonds. The van der Waals surface area contributed by atoms with Crippen LogP contribution < -0.4 is 5.32 Å². The first-order valence-electron chi connectivity index (χ1n) is 10.9. The van der Waals surface area contributed by atoms with Crippen molar-refractivity contribution < 1.29 is 0 Å². The van der Waals surface area contributed by atoms with Gasteiger partial charge in [-0.25, -0.2) is 0 Å². The fourth-order valence-electron chi connectivity index (χ4n) is 4.19. The van der Waals surface area contributed by atoms with Crippen molar-refractivity contribution >= 4 is 21.8 Å². The number of H-pyrrole nitrogens is 2. The summed E-state index contributed by atoms with van der Waals surface area (Å²) in [4.78, 5) is 12.1. The number of fused-ring (bicyclic) bond motifs is 2. The molecule has 0 aliphatic rings. The number of pyridine rings is 2. The lowest BCUT2D eigenvalue weighted by molar-refractivity contribution is 0.691. The molecule has 4 heterocycles. The van der Waals surface area contributed by atoms with Crippen molar-refractivity contribution in [3.8, 4) is 22.5 Å². The molecule has 6 heteroatoms. The van der Waals surface area contributed by atoms with Gasteiger partial charge in [-0.05, 0) is 47.0 Å². The number of nitrogens with zero attached hydrogens (tertiary/aromatic N) is 3. The second-order valence-corrected chi connectivity index (χ2v) is 8.15. The summed E-state index contributed by atoms with van der Waals surface area (Å²) in [5.74, 6) is 0. The SMILES string of the molecule is c1ccc(CNCc2cncc(-c3ccc4[nH]nc(-c5cc6ccncc6[nH]5)c4c3)c2)cc1. The van der Waals surface area contributed by atoms with Crippen LogP contribution in [0.1, 0.15) is 11.1 Å². The smallest absolute Gasteiger partial charge is 0.116 e. The van der Waals surface area contributed by atoms with Crippen LogP contribution in [0.15, 0.2) is 91.5 Å². The van der Waals surface area contributed by atoms with Crippen molar-refractivity contribution in [2.24, 2.45) is 0 Å². The minimum Gasteiger partial charge on any atom is -0.352 e. The Labute approximate surface area is 190 Å². The molecule has 0 fully saturated rings. The van der Waals surface area contributed by atoms with E-state index in [-0.39, 0.29) is 0 Å². The Morgan fingerprint density at radius 3 is 2.55 bits per heavy atom. The van der Waals surface area contributed by atoms with Gasteiger partial charge in [-0.1, -0.05) is 36.4 Å². The van der Waals surface area contributed by atoms with Gasteiger partial charge in [-0.3, -0.25) is 15.1 Å². The summed E-state index contributed by atoms with van der Waals surface area (Å²) in [5, 5.41) is 13.4. The number of rotatable bonds is 6. The molecule has 0 radical (unpaired) electrons. The predicted octanol–water partition coefficient (Wildman–Crippen LogP) is 5.46. The maximum absolute atomic E-state index is 4.58. The standard InChI is InChI=1S/C27H22N6/c1-2-4-18(5-3-1)13-29-14-19-10-22(16-30-15-19)20-6-7-24-23(11-20)27(33-32-24)25-12-21-8-9-28-17-26(21)31-25/h1-12,15-17,29,31H,13-14H2,(H,32,33). The van der Waals surface area contributed by atoms with E-state index in [1.165, 1.54) is 5.56 Å². The third-order valence-electron chi connectivity index (χ3n) is 5.87. The number of nitrogens with one attached hydrogen (secondary N) is 3. The second kappa shape index (κ2) is 8.33. The lowest BCUT2D eigenvalue weighted by Crippen LogP contribution is -2.12. The van der Waals surface area contributed by atoms with E-state index in [0.717, 1.165) is 63.0 Å². The molecule has 6 aromatic rings. The van der Waals surface area contributed by atoms with Crippen LogP contribution in [0.4, 0.5) is 0 Å². The monoisotopic (exact) mass is 430 g/mol. The summed E-state index contributed by atoms with van der Waals surface area (Å²) in [5.41, 5.74) is 8.49. The van der Waals surface area contributed by atoms with Crippen molar-refractivity contribution in [3.63, 3.8) is 0 Å². The van der Waals surface area contributed by atoms with Gasteiger partial charge < -0.3 is 10.3 Å². The van der Waals surface area contributed by atoms with Crippen LogP contribution in [0.3, 0.4) is 0 Å². The molecule has 160 valence electrons. The van der Waals surface area contributed by atoms with Gasteiger partial charge in [0, 0.05) is 48.0 Å². The highest BCUT2D eigenvalue weighted by Gasteiger charge is 2.12. The van der Waals surface area contributed by atoms with Gasteiger partial charge in [-0.15, -0.1) is 0 Å². The highest BCUT2D eigenvalue weighted by atomic mass is 15.1. The molecule has 0 spiro atoms. The van der Waals surface area contributed by atoms with E-state index < -0.39 is 0 Å². The molecule has 6 rings (SSSR count). The number of benzene rings is 2. The summed E-state index contributed by atoms with van der Waals surface area (Å²) >= 11 is 0. The van der Waals surface area contributed by atoms with E-state index in [1.807, 2.05) is 30.7 Å². The van der Waals surface area contributed by atoms with Crippen LogP contribution in [0.5, 0.6) is 0 Å². The Morgan fingerprint density at radius 2 is 1.64 bits per heavy atom. The lowest BCUT2D eigenvalue weighted by Gasteiger charge is -2.08. The Morgan fingerprint density at radius 1 is 0.727 bits per heavy atom. The Hall–Kier alpha value is -4.29. The van der Waals surface area contributed by atoms with Gasteiger partial charge in [0.1, 0.15) is 5.69 Å². The largest absolute Gasteiger partial charge is 0.352 e. The maximum atomic E-state index is 4.58. The van der Waals surface area contributed by atoms with Crippen LogP contribution in [0.2, 0.25) is 0 Å². The summed E-state index contributed by atoms with van der Waals surface area (Å²) in [6.45, 7) is 1.59. The van der Waals surface area contributed by atoms with Crippen molar-refractivity contribution in [3.05, 3.63) is 103 Å². The maximum Gasteiger partial charge on any atom is 0.116 e. The van der Waals surface area contributed by atoms with Crippen molar-refractivity contribution in [2.45, 2.75) is 13.1 Å². The van der Waals surface area contributed by atoms with Gasteiger partial charge in [-0.2, -0.15) is 5.10 Å². The quantitative estimate of drug-likeness (QED) is 0.328. The van der Waals surface area contributed by atoms with Gasteiger partial charge >= 0.3 is 0 Å². The van der Waals surface area contributed by atoms with Gasteiger partial charge in [0.25, 0.3) is 0 Å². The van der Waals surface area contributed by atoms with Crippen LogP contribution in [0, 0.1) is 0 Å². The topological polar surface area (TPSA) is 82.3 Å². The molecule has 0 saturated carbocycles. The fourth-order valence-corrected chi connectivity index (χ4v) is 4.19. The molecule has 0 unspecified atom stereocenters. The van der Waals surface area contributed by atoms with Gasteiger partial charge in [0.15, 0.2) is 0 Å². The van der Waals surface area contributed by atoms with E-state index in [4.69, 9.17) is 0 Å². The Bertz CT molecular complexity index is 1510. The third kappa shape index (κ3) is 3.88.